The molecule has 1 fully saturated rings. The van der Waals surface area contributed by atoms with Gasteiger partial charge in [0, 0.05) is 25.7 Å². The number of nitrogens with zero attached hydrogens (tertiary/aromatic N) is 2. The number of hydrogen-bond acceptors (Lipinski definition) is 4. The van der Waals surface area contributed by atoms with E-state index in [1.165, 1.54) is 6.42 Å². The fourth-order valence-corrected chi connectivity index (χ4v) is 2.98. The molecule has 5 heteroatoms. The average molecular weight is 299 g/mol. The maximum atomic E-state index is 11.5. The highest BCUT2D eigenvalue weighted by molar-refractivity contribution is 5.78. The van der Waals surface area contributed by atoms with Crippen molar-refractivity contribution in [2.75, 3.05) is 39.8 Å². The van der Waals surface area contributed by atoms with Crippen LogP contribution in [0.4, 0.5) is 0 Å². The Labute approximate surface area is 129 Å². The predicted molar refractivity (Wildman–Crippen MR) is 86.7 cm³/mol. The highest BCUT2D eigenvalue weighted by atomic mass is 16.4. The number of aliphatic carboxylic acids is 1. The number of nitrogens with one attached hydrogen (secondary N) is 1. The quantitative estimate of drug-likeness (QED) is 0.678. The first-order valence-electron chi connectivity index (χ1n) is 8.34. The molecular formula is C16H33N3O2. The molecule has 0 amide bonds. The molecule has 1 aliphatic rings. The highest BCUT2D eigenvalue weighted by Crippen LogP contribution is 2.16. The Morgan fingerprint density at radius 3 is 2.67 bits per heavy atom. The van der Waals surface area contributed by atoms with Crippen molar-refractivity contribution >= 4 is 5.97 Å². The maximum Gasteiger partial charge on any atom is 0.323 e. The lowest BCUT2D eigenvalue weighted by Gasteiger charge is -2.39. The molecule has 2 N–H and O–H groups in total. The Morgan fingerprint density at radius 1 is 1.38 bits per heavy atom. The molecule has 1 rings (SSSR count). The van der Waals surface area contributed by atoms with E-state index in [0.29, 0.717) is 12.5 Å². The van der Waals surface area contributed by atoms with Crippen molar-refractivity contribution in [1.82, 2.24) is 15.1 Å². The Hall–Kier alpha value is -0.650. The molecule has 0 aromatic rings. The van der Waals surface area contributed by atoms with E-state index in [4.69, 9.17) is 0 Å². The summed E-state index contributed by atoms with van der Waals surface area (Å²) in [4.78, 5) is 16.4. The van der Waals surface area contributed by atoms with Crippen LogP contribution in [0.15, 0.2) is 0 Å². The molecule has 124 valence electrons. The van der Waals surface area contributed by atoms with Gasteiger partial charge in [-0.15, -0.1) is 0 Å². The van der Waals surface area contributed by atoms with Gasteiger partial charge in [-0.1, -0.05) is 13.8 Å². The summed E-state index contributed by atoms with van der Waals surface area (Å²) in [7, 11) is 2.20. The average Bonchev–Trinajstić information content (AvgIpc) is 2.46. The van der Waals surface area contributed by atoms with Gasteiger partial charge in [-0.25, -0.2) is 0 Å². The van der Waals surface area contributed by atoms with Crippen LogP contribution in [0.2, 0.25) is 0 Å². The van der Waals surface area contributed by atoms with Gasteiger partial charge in [-0.2, -0.15) is 0 Å². The molecule has 1 saturated heterocycles. The topological polar surface area (TPSA) is 55.8 Å². The minimum absolute atomic E-state index is 0.642. The van der Waals surface area contributed by atoms with E-state index in [0.717, 1.165) is 45.6 Å². The van der Waals surface area contributed by atoms with Crippen molar-refractivity contribution in [2.24, 2.45) is 0 Å². The molecule has 0 aromatic heterocycles. The van der Waals surface area contributed by atoms with Gasteiger partial charge in [0.25, 0.3) is 0 Å². The van der Waals surface area contributed by atoms with E-state index in [1.807, 2.05) is 6.92 Å². The van der Waals surface area contributed by atoms with Gasteiger partial charge < -0.3 is 20.2 Å². The normalized spacial score (nSPS) is 23.9. The van der Waals surface area contributed by atoms with Gasteiger partial charge in [-0.05, 0) is 52.7 Å². The summed E-state index contributed by atoms with van der Waals surface area (Å²) < 4.78 is 0. The predicted octanol–water partition coefficient (Wildman–Crippen LogP) is 1.64. The molecule has 5 nitrogen and oxygen atoms in total. The van der Waals surface area contributed by atoms with E-state index in [2.05, 4.69) is 36.0 Å². The van der Waals surface area contributed by atoms with E-state index >= 15 is 0 Å². The summed E-state index contributed by atoms with van der Waals surface area (Å²) in [5, 5.41) is 12.6. The van der Waals surface area contributed by atoms with Crippen molar-refractivity contribution in [3.05, 3.63) is 0 Å². The number of carbonyl (C=O) groups is 1. The Kier molecular flexibility index (Phi) is 7.63. The third-order valence-corrected chi connectivity index (χ3v) is 4.72. The number of rotatable bonds is 9. The SMILES string of the molecule is CCCNC(C)(CCCN1CCN(C)C(CC)C1)C(=O)O. The first kappa shape index (κ1) is 18.4. The minimum Gasteiger partial charge on any atom is -0.480 e. The van der Waals surface area contributed by atoms with Gasteiger partial charge in [0.2, 0.25) is 0 Å². The van der Waals surface area contributed by atoms with E-state index in [1.54, 1.807) is 0 Å². The fraction of sp³-hybridized carbons (Fsp3) is 0.938. The zero-order chi connectivity index (χ0) is 15.9. The van der Waals surface area contributed by atoms with Crippen LogP contribution in [-0.4, -0.2) is 72.2 Å². The molecule has 21 heavy (non-hydrogen) atoms. The molecule has 0 bridgehead atoms. The molecule has 1 aliphatic heterocycles. The Morgan fingerprint density at radius 2 is 2.10 bits per heavy atom. The summed E-state index contributed by atoms with van der Waals surface area (Å²) in [5.41, 5.74) is -0.785. The maximum absolute atomic E-state index is 11.5. The van der Waals surface area contributed by atoms with Crippen LogP contribution in [0.25, 0.3) is 0 Å². The molecule has 0 spiro atoms. The van der Waals surface area contributed by atoms with Gasteiger partial charge in [0.1, 0.15) is 5.54 Å². The monoisotopic (exact) mass is 299 g/mol. The van der Waals surface area contributed by atoms with Gasteiger partial charge in [0.05, 0.1) is 0 Å². The van der Waals surface area contributed by atoms with Crippen molar-refractivity contribution < 1.29 is 9.90 Å². The lowest BCUT2D eigenvalue weighted by Crippen LogP contribution is -2.52. The Bertz CT molecular complexity index is 325. The van der Waals surface area contributed by atoms with E-state index in [9.17, 15) is 9.90 Å². The Balaban J connectivity index is 2.38. The third kappa shape index (κ3) is 5.57. The summed E-state index contributed by atoms with van der Waals surface area (Å²) in [5.74, 6) is -0.735. The van der Waals surface area contributed by atoms with Gasteiger partial charge in [-0.3, -0.25) is 4.79 Å². The standard InChI is InChI=1S/C16H33N3O2/c1-5-9-17-16(3,15(20)21)8-7-10-19-12-11-18(4)14(6-2)13-19/h14,17H,5-13H2,1-4H3,(H,20,21). The van der Waals surface area contributed by atoms with Crippen LogP contribution in [-0.2, 0) is 4.79 Å². The van der Waals surface area contributed by atoms with Gasteiger partial charge >= 0.3 is 5.97 Å². The first-order chi connectivity index (χ1) is 9.92. The smallest absolute Gasteiger partial charge is 0.323 e. The minimum atomic E-state index is -0.785. The molecule has 0 saturated carbocycles. The lowest BCUT2D eigenvalue weighted by atomic mass is 9.95. The van der Waals surface area contributed by atoms with Crippen LogP contribution in [0.3, 0.4) is 0 Å². The van der Waals surface area contributed by atoms with E-state index < -0.39 is 11.5 Å². The largest absolute Gasteiger partial charge is 0.480 e. The highest BCUT2D eigenvalue weighted by Gasteiger charge is 2.32. The molecule has 0 aliphatic carbocycles. The fourth-order valence-electron chi connectivity index (χ4n) is 2.98. The summed E-state index contributed by atoms with van der Waals surface area (Å²) in [6.07, 6.45) is 3.75. The van der Waals surface area contributed by atoms with Gasteiger partial charge in [0.15, 0.2) is 0 Å². The number of carboxylic acid groups (broad SMARTS) is 1. The second-order valence-electron chi connectivity index (χ2n) is 6.51. The molecule has 2 unspecified atom stereocenters. The van der Waals surface area contributed by atoms with Crippen molar-refractivity contribution in [2.45, 2.75) is 58.0 Å². The zero-order valence-corrected chi connectivity index (χ0v) is 14.2. The molecular weight excluding hydrogens is 266 g/mol. The summed E-state index contributed by atoms with van der Waals surface area (Å²) in [6.45, 7) is 11.2. The molecule has 2 atom stereocenters. The zero-order valence-electron chi connectivity index (χ0n) is 14.2. The summed E-state index contributed by atoms with van der Waals surface area (Å²) in [6, 6.07) is 0.642. The molecule has 0 radical (unpaired) electrons. The third-order valence-electron chi connectivity index (χ3n) is 4.72. The van der Waals surface area contributed by atoms with Crippen LogP contribution in [0.5, 0.6) is 0 Å². The van der Waals surface area contributed by atoms with Crippen LogP contribution in [0, 0.1) is 0 Å². The number of carboxylic acids is 1. The van der Waals surface area contributed by atoms with Crippen molar-refractivity contribution in [1.29, 1.82) is 0 Å². The second-order valence-corrected chi connectivity index (χ2v) is 6.51. The second kappa shape index (κ2) is 8.71. The number of likely N-dealkylation sites (N-methyl/N-ethyl adjacent to an activating group) is 1. The molecule has 0 aromatic carbocycles. The molecule has 1 heterocycles. The lowest BCUT2D eigenvalue weighted by molar-refractivity contribution is -0.144. The number of hydrogen-bond donors (Lipinski definition) is 2. The summed E-state index contributed by atoms with van der Waals surface area (Å²) >= 11 is 0. The first-order valence-corrected chi connectivity index (χ1v) is 8.34. The van der Waals surface area contributed by atoms with Crippen LogP contribution in [0.1, 0.15) is 46.5 Å². The van der Waals surface area contributed by atoms with Crippen LogP contribution < -0.4 is 5.32 Å². The number of piperazine rings is 1. The van der Waals surface area contributed by atoms with Crippen molar-refractivity contribution in [3.63, 3.8) is 0 Å². The van der Waals surface area contributed by atoms with E-state index in [-0.39, 0.29) is 0 Å². The van der Waals surface area contributed by atoms with Crippen LogP contribution >= 0.6 is 0 Å². The van der Waals surface area contributed by atoms with Crippen molar-refractivity contribution in [3.8, 4) is 0 Å².